The molecule has 0 unspecified atom stereocenters. The second-order valence-electron chi connectivity index (χ2n) is 5.86. The summed E-state index contributed by atoms with van der Waals surface area (Å²) in [6.07, 6.45) is 12.3. The number of nitrogens with two attached hydrogens (primary N) is 1. The smallest absolute Gasteiger partial charge is 0.0319 e. The summed E-state index contributed by atoms with van der Waals surface area (Å²) in [5.74, 6) is 0. The van der Waals surface area contributed by atoms with Crippen molar-refractivity contribution in [3.8, 4) is 0 Å². The Bertz CT molecular complexity index is 354. The van der Waals surface area contributed by atoms with Crippen LogP contribution in [0.3, 0.4) is 0 Å². The van der Waals surface area contributed by atoms with Crippen molar-refractivity contribution in [3.63, 3.8) is 0 Å². The van der Waals surface area contributed by atoms with Gasteiger partial charge in [-0.05, 0) is 55.5 Å². The Balaban J connectivity index is 0. The fourth-order valence-electron chi connectivity index (χ4n) is 2.86. The first-order chi connectivity index (χ1) is 9.15. The number of unbranched alkanes of at least 4 members (excludes halogenated alkanes) is 7. The molecular weight excluding hydrogens is 262 g/mol. The van der Waals surface area contributed by atoms with E-state index in [0.717, 1.165) is 5.69 Å². The molecule has 0 atom stereocenters. The molecule has 0 aromatic heterocycles. The van der Waals surface area contributed by atoms with E-state index in [1.807, 2.05) is 0 Å². The van der Waals surface area contributed by atoms with Gasteiger partial charge >= 0.3 is 0 Å². The summed E-state index contributed by atoms with van der Waals surface area (Å²) in [5, 5.41) is 0. The molecule has 0 aliphatic rings. The summed E-state index contributed by atoms with van der Waals surface area (Å²) >= 11 is 0. The van der Waals surface area contributed by atoms with E-state index in [1.165, 1.54) is 74.5 Å². The molecule has 3 heteroatoms. The van der Waals surface area contributed by atoms with Gasteiger partial charge < -0.3 is 16.7 Å². The van der Waals surface area contributed by atoms with E-state index in [0.29, 0.717) is 0 Å². The van der Waals surface area contributed by atoms with E-state index in [9.17, 15) is 0 Å². The zero-order valence-electron chi connectivity index (χ0n) is 14.1. The second-order valence-corrected chi connectivity index (χ2v) is 5.86. The topological polar surface area (TPSA) is 89.0 Å². The fraction of sp³-hybridized carbons (Fsp3) is 0.667. The standard InChI is InChI=1S/C18H31N.2H2O/c1-4-5-6-7-8-9-10-11-12-18-15(2)13-17(19)14-16(18)3;;/h13-14H,4-12,19H2,1-3H3;2*1H2. The predicted octanol–water partition coefficient (Wildman–Crippen LogP) is 3.92. The number of hydrogen-bond acceptors (Lipinski definition) is 1. The van der Waals surface area contributed by atoms with Gasteiger partial charge in [0, 0.05) is 5.69 Å². The molecular formula is C18H35NO2. The van der Waals surface area contributed by atoms with Crippen LogP contribution in [0.5, 0.6) is 0 Å². The number of nitrogen functional groups attached to an aromatic ring is 1. The summed E-state index contributed by atoms with van der Waals surface area (Å²) < 4.78 is 0. The minimum atomic E-state index is 0. The van der Waals surface area contributed by atoms with Crippen LogP contribution in [-0.4, -0.2) is 11.0 Å². The van der Waals surface area contributed by atoms with Gasteiger partial charge in [-0.2, -0.15) is 0 Å². The van der Waals surface area contributed by atoms with E-state index in [2.05, 4.69) is 32.9 Å². The first-order valence-corrected chi connectivity index (χ1v) is 8.00. The van der Waals surface area contributed by atoms with Crippen LogP contribution in [0, 0.1) is 13.8 Å². The lowest BCUT2D eigenvalue weighted by molar-refractivity contribution is 0.575. The minimum Gasteiger partial charge on any atom is -0.412 e. The molecule has 0 amide bonds. The van der Waals surface area contributed by atoms with E-state index < -0.39 is 0 Å². The van der Waals surface area contributed by atoms with E-state index >= 15 is 0 Å². The predicted molar refractivity (Wildman–Crippen MR) is 93.9 cm³/mol. The molecule has 0 radical (unpaired) electrons. The van der Waals surface area contributed by atoms with Gasteiger partial charge in [-0.3, -0.25) is 0 Å². The number of aryl methyl sites for hydroxylation is 2. The monoisotopic (exact) mass is 297 g/mol. The van der Waals surface area contributed by atoms with Gasteiger partial charge in [0.05, 0.1) is 0 Å². The first kappa shape index (κ1) is 22.2. The van der Waals surface area contributed by atoms with Crippen LogP contribution in [0.15, 0.2) is 12.1 Å². The summed E-state index contributed by atoms with van der Waals surface area (Å²) in [5.41, 5.74) is 11.0. The third-order valence-electron chi connectivity index (χ3n) is 4.00. The van der Waals surface area contributed by atoms with E-state index in [1.54, 1.807) is 0 Å². The SMILES string of the molecule is CCCCCCCCCCc1c(C)cc(N)cc1C.O.O. The zero-order chi connectivity index (χ0) is 14.1. The molecule has 1 aromatic rings. The Morgan fingerprint density at radius 1 is 0.762 bits per heavy atom. The number of hydrogen-bond donors (Lipinski definition) is 1. The molecule has 0 spiro atoms. The average molecular weight is 297 g/mol. The normalized spacial score (nSPS) is 9.86. The van der Waals surface area contributed by atoms with Gasteiger partial charge in [0.15, 0.2) is 0 Å². The third kappa shape index (κ3) is 8.74. The van der Waals surface area contributed by atoms with Crippen molar-refractivity contribution in [1.29, 1.82) is 0 Å². The van der Waals surface area contributed by atoms with Crippen molar-refractivity contribution in [3.05, 3.63) is 28.8 Å². The maximum atomic E-state index is 5.86. The molecule has 0 aliphatic carbocycles. The molecule has 0 bridgehead atoms. The molecule has 6 N–H and O–H groups in total. The van der Waals surface area contributed by atoms with E-state index in [-0.39, 0.29) is 11.0 Å². The molecule has 0 aliphatic heterocycles. The highest BCUT2D eigenvalue weighted by Gasteiger charge is 2.03. The van der Waals surface area contributed by atoms with Crippen LogP contribution in [0.1, 0.15) is 75.0 Å². The summed E-state index contributed by atoms with van der Waals surface area (Å²) in [6, 6.07) is 4.21. The third-order valence-corrected chi connectivity index (χ3v) is 4.00. The molecule has 1 aromatic carbocycles. The van der Waals surface area contributed by atoms with Gasteiger partial charge in [0.1, 0.15) is 0 Å². The Hall–Kier alpha value is -1.06. The van der Waals surface area contributed by atoms with Crippen LogP contribution in [0.2, 0.25) is 0 Å². The highest BCUT2D eigenvalue weighted by atomic mass is 16.0. The molecule has 124 valence electrons. The largest absolute Gasteiger partial charge is 0.412 e. The van der Waals surface area contributed by atoms with Crippen LogP contribution in [0.4, 0.5) is 5.69 Å². The Morgan fingerprint density at radius 2 is 1.19 bits per heavy atom. The summed E-state index contributed by atoms with van der Waals surface area (Å²) in [6.45, 7) is 6.64. The Morgan fingerprint density at radius 3 is 1.67 bits per heavy atom. The number of anilines is 1. The summed E-state index contributed by atoms with van der Waals surface area (Å²) in [4.78, 5) is 0. The first-order valence-electron chi connectivity index (χ1n) is 8.00. The number of rotatable bonds is 9. The highest BCUT2D eigenvalue weighted by molar-refractivity contribution is 5.48. The molecule has 21 heavy (non-hydrogen) atoms. The van der Waals surface area contributed by atoms with Crippen molar-refractivity contribution in [2.24, 2.45) is 0 Å². The maximum absolute atomic E-state index is 5.86. The van der Waals surface area contributed by atoms with Crippen molar-refractivity contribution < 1.29 is 11.0 Å². The minimum absolute atomic E-state index is 0. The average Bonchev–Trinajstić information content (AvgIpc) is 2.35. The second kappa shape index (κ2) is 12.7. The van der Waals surface area contributed by atoms with Crippen LogP contribution >= 0.6 is 0 Å². The van der Waals surface area contributed by atoms with Crippen molar-refractivity contribution in [2.75, 3.05) is 5.73 Å². The summed E-state index contributed by atoms with van der Waals surface area (Å²) in [7, 11) is 0. The van der Waals surface area contributed by atoms with Crippen molar-refractivity contribution in [1.82, 2.24) is 0 Å². The Kier molecular flexibility index (Phi) is 13.4. The Labute approximate surface area is 130 Å². The quantitative estimate of drug-likeness (QED) is 0.543. The lowest BCUT2D eigenvalue weighted by Gasteiger charge is -2.11. The molecule has 0 fully saturated rings. The lowest BCUT2D eigenvalue weighted by atomic mass is 9.96. The molecule has 0 saturated heterocycles. The number of benzene rings is 1. The van der Waals surface area contributed by atoms with Gasteiger partial charge in [-0.15, -0.1) is 0 Å². The van der Waals surface area contributed by atoms with Crippen LogP contribution in [0.25, 0.3) is 0 Å². The van der Waals surface area contributed by atoms with Crippen LogP contribution in [-0.2, 0) is 6.42 Å². The molecule has 1 rings (SSSR count). The van der Waals surface area contributed by atoms with E-state index in [4.69, 9.17) is 5.73 Å². The van der Waals surface area contributed by atoms with Gasteiger partial charge in [0.25, 0.3) is 0 Å². The van der Waals surface area contributed by atoms with Crippen molar-refractivity contribution >= 4 is 5.69 Å². The van der Waals surface area contributed by atoms with Crippen LogP contribution < -0.4 is 5.73 Å². The molecule has 3 nitrogen and oxygen atoms in total. The van der Waals surface area contributed by atoms with Crippen molar-refractivity contribution in [2.45, 2.75) is 78.6 Å². The fourth-order valence-corrected chi connectivity index (χ4v) is 2.86. The van der Waals surface area contributed by atoms with Gasteiger partial charge in [-0.1, -0.05) is 51.9 Å². The highest BCUT2D eigenvalue weighted by Crippen LogP contribution is 2.20. The lowest BCUT2D eigenvalue weighted by Crippen LogP contribution is -1.97. The molecule has 0 saturated carbocycles. The molecule has 0 heterocycles. The zero-order valence-corrected chi connectivity index (χ0v) is 14.1. The van der Waals surface area contributed by atoms with Gasteiger partial charge in [0.2, 0.25) is 0 Å². The maximum Gasteiger partial charge on any atom is 0.0319 e. The van der Waals surface area contributed by atoms with Gasteiger partial charge in [-0.25, -0.2) is 0 Å².